The smallest absolute Gasteiger partial charge is 0.247 e. The average molecular weight is 372 g/mol. The van der Waals surface area contributed by atoms with Crippen molar-refractivity contribution in [1.29, 1.82) is 0 Å². The molecule has 2 amide bonds. The number of amides is 2. The summed E-state index contributed by atoms with van der Waals surface area (Å²) in [6, 6.07) is -0.235. The molecule has 7 nitrogen and oxygen atoms in total. The van der Waals surface area contributed by atoms with Crippen molar-refractivity contribution in [3.05, 3.63) is 28.6 Å². The highest BCUT2D eigenvalue weighted by Gasteiger charge is 2.41. The fourth-order valence-electron chi connectivity index (χ4n) is 4.20. The van der Waals surface area contributed by atoms with Gasteiger partial charge in [-0.3, -0.25) is 19.1 Å². The van der Waals surface area contributed by atoms with Crippen LogP contribution in [0.5, 0.6) is 0 Å². The molecule has 0 aromatic carbocycles. The van der Waals surface area contributed by atoms with Crippen molar-refractivity contribution in [1.82, 2.24) is 14.7 Å². The molecule has 27 heavy (non-hydrogen) atoms. The molecule has 1 fully saturated rings. The van der Waals surface area contributed by atoms with Crippen molar-refractivity contribution in [2.45, 2.75) is 66.0 Å². The number of likely N-dealkylation sites (tertiary alicyclic amines) is 1. The van der Waals surface area contributed by atoms with Crippen molar-refractivity contribution in [3.63, 3.8) is 0 Å². The molecule has 0 unspecified atom stereocenters. The van der Waals surface area contributed by atoms with Gasteiger partial charge in [-0.05, 0) is 38.5 Å². The van der Waals surface area contributed by atoms with Gasteiger partial charge >= 0.3 is 0 Å². The quantitative estimate of drug-likeness (QED) is 0.819. The summed E-state index contributed by atoms with van der Waals surface area (Å²) in [6.07, 6.45) is 4.34. The summed E-state index contributed by atoms with van der Waals surface area (Å²) in [4.78, 5) is 38.9. The maximum atomic E-state index is 12.9. The van der Waals surface area contributed by atoms with Crippen LogP contribution in [-0.4, -0.2) is 38.8 Å². The summed E-state index contributed by atoms with van der Waals surface area (Å²) >= 11 is 0. The maximum absolute atomic E-state index is 12.9. The number of nitrogens with zero attached hydrogens (tertiary/aromatic N) is 3. The third kappa shape index (κ3) is 3.82. The molecule has 0 saturated carbocycles. The second-order valence-corrected chi connectivity index (χ2v) is 8.68. The Kier molecular flexibility index (Phi) is 4.97. The van der Waals surface area contributed by atoms with Crippen LogP contribution in [0.4, 0.5) is 0 Å². The lowest BCUT2D eigenvalue weighted by atomic mass is 9.75. The van der Waals surface area contributed by atoms with Gasteiger partial charge in [0.15, 0.2) is 5.78 Å². The zero-order valence-electron chi connectivity index (χ0n) is 16.5. The van der Waals surface area contributed by atoms with E-state index in [1.54, 1.807) is 15.7 Å². The van der Waals surface area contributed by atoms with Gasteiger partial charge in [-0.2, -0.15) is 5.10 Å². The Hall–Kier alpha value is -2.44. The number of carbonyl (C=O) groups is 3. The highest BCUT2D eigenvalue weighted by Crippen LogP contribution is 2.41. The molecule has 1 saturated heterocycles. The first-order valence-corrected chi connectivity index (χ1v) is 9.45. The topological polar surface area (TPSA) is 98.3 Å². The van der Waals surface area contributed by atoms with Crippen LogP contribution in [0.1, 0.15) is 74.7 Å². The standard InChI is InChI=1S/C20H28N4O3/c1-12(2)8-17(27)23-7-5-6-13(23)19-18-14(24(22-19)11-16(21)26)9-20(3,4)10-15(18)25/h8,13H,5-7,9-11H2,1-4H3,(H2,21,26)/t13-/m0/s1. The van der Waals surface area contributed by atoms with Crippen molar-refractivity contribution in [2.24, 2.45) is 11.1 Å². The lowest BCUT2D eigenvalue weighted by Gasteiger charge is -2.30. The first-order chi connectivity index (χ1) is 12.6. The van der Waals surface area contributed by atoms with E-state index in [4.69, 9.17) is 5.73 Å². The summed E-state index contributed by atoms with van der Waals surface area (Å²) in [5, 5.41) is 4.62. The van der Waals surface area contributed by atoms with Crippen LogP contribution in [0.15, 0.2) is 11.6 Å². The number of nitrogens with two attached hydrogens (primary N) is 1. The summed E-state index contributed by atoms with van der Waals surface area (Å²) in [6.45, 7) is 8.44. The van der Waals surface area contributed by atoms with Gasteiger partial charge in [-0.1, -0.05) is 19.4 Å². The molecule has 0 bridgehead atoms. The zero-order valence-corrected chi connectivity index (χ0v) is 16.5. The average Bonchev–Trinajstić information content (AvgIpc) is 3.10. The Bertz CT molecular complexity index is 831. The number of hydrogen-bond donors (Lipinski definition) is 1. The number of ketones is 1. The minimum atomic E-state index is -0.494. The maximum Gasteiger partial charge on any atom is 0.247 e. The molecule has 1 aromatic heterocycles. The van der Waals surface area contributed by atoms with Gasteiger partial charge in [0.25, 0.3) is 0 Å². The fraction of sp³-hybridized carbons (Fsp3) is 0.600. The lowest BCUT2D eigenvalue weighted by molar-refractivity contribution is -0.127. The highest BCUT2D eigenvalue weighted by molar-refractivity contribution is 6.00. The Labute approximate surface area is 159 Å². The number of fused-ring (bicyclic) bond motifs is 1. The largest absolute Gasteiger partial charge is 0.368 e. The molecule has 0 radical (unpaired) electrons. The summed E-state index contributed by atoms with van der Waals surface area (Å²) in [5.41, 5.74) is 8.13. The number of aromatic nitrogens is 2. The van der Waals surface area contributed by atoms with E-state index < -0.39 is 5.91 Å². The molecule has 1 aliphatic heterocycles. The van der Waals surface area contributed by atoms with Gasteiger partial charge in [-0.15, -0.1) is 0 Å². The van der Waals surface area contributed by atoms with Crippen LogP contribution >= 0.6 is 0 Å². The van der Waals surface area contributed by atoms with E-state index in [0.717, 1.165) is 24.1 Å². The minimum absolute atomic E-state index is 0.0356. The van der Waals surface area contributed by atoms with Crippen LogP contribution in [0, 0.1) is 5.41 Å². The SMILES string of the molecule is CC(C)=CC(=O)N1CCC[C@H]1c1nn(CC(N)=O)c2c1C(=O)CC(C)(C)C2. The van der Waals surface area contributed by atoms with Gasteiger partial charge in [-0.25, -0.2) is 0 Å². The number of Topliss-reactive ketones (excluding diaryl/α,β-unsaturated/α-hetero) is 1. The highest BCUT2D eigenvalue weighted by atomic mass is 16.2. The molecular formula is C20H28N4O3. The summed E-state index contributed by atoms with van der Waals surface area (Å²) in [7, 11) is 0. The number of carbonyl (C=O) groups excluding carboxylic acids is 3. The second-order valence-electron chi connectivity index (χ2n) is 8.68. The molecule has 2 heterocycles. The van der Waals surface area contributed by atoms with Crippen LogP contribution < -0.4 is 5.73 Å². The van der Waals surface area contributed by atoms with E-state index in [0.29, 0.717) is 30.6 Å². The molecule has 1 aliphatic carbocycles. The molecule has 2 N–H and O–H groups in total. The van der Waals surface area contributed by atoms with E-state index in [2.05, 4.69) is 5.10 Å². The summed E-state index contributed by atoms with van der Waals surface area (Å²) < 4.78 is 1.58. The minimum Gasteiger partial charge on any atom is -0.368 e. The van der Waals surface area contributed by atoms with E-state index in [1.807, 2.05) is 27.7 Å². The normalized spacial score (nSPS) is 21.1. The monoisotopic (exact) mass is 372 g/mol. The Morgan fingerprint density at radius 2 is 2.00 bits per heavy atom. The molecule has 1 aromatic rings. The predicted octanol–water partition coefficient (Wildman–Crippen LogP) is 2.15. The van der Waals surface area contributed by atoms with E-state index in [-0.39, 0.29) is 29.7 Å². The fourth-order valence-corrected chi connectivity index (χ4v) is 4.20. The van der Waals surface area contributed by atoms with Crippen LogP contribution in [0.2, 0.25) is 0 Å². The number of rotatable bonds is 4. The lowest BCUT2D eigenvalue weighted by Crippen LogP contribution is -2.32. The molecule has 0 spiro atoms. The second kappa shape index (κ2) is 6.94. The Balaban J connectivity index is 2.07. The van der Waals surface area contributed by atoms with Crippen molar-refractivity contribution >= 4 is 17.6 Å². The van der Waals surface area contributed by atoms with Crippen molar-refractivity contribution in [3.8, 4) is 0 Å². The molecular weight excluding hydrogens is 344 g/mol. The van der Waals surface area contributed by atoms with Gasteiger partial charge in [0.2, 0.25) is 11.8 Å². The van der Waals surface area contributed by atoms with Gasteiger partial charge in [0.05, 0.1) is 23.0 Å². The first-order valence-electron chi connectivity index (χ1n) is 9.45. The van der Waals surface area contributed by atoms with Gasteiger partial charge in [0, 0.05) is 19.0 Å². The molecule has 3 rings (SSSR count). The number of hydrogen-bond acceptors (Lipinski definition) is 4. The van der Waals surface area contributed by atoms with E-state index in [9.17, 15) is 14.4 Å². The molecule has 2 aliphatic rings. The zero-order chi connectivity index (χ0) is 19.9. The van der Waals surface area contributed by atoms with Gasteiger partial charge in [0.1, 0.15) is 6.54 Å². The van der Waals surface area contributed by atoms with Crippen molar-refractivity contribution < 1.29 is 14.4 Å². The molecule has 146 valence electrons. The van der Waals surface area contributed by atoms with Gasteiger partial charge < -0.3 is 10.6 Å². The Morgan fingerprint density at radius 1 is 1.30 bits per heavy atom. The van der Waals surface area contributed by atoms with Crippen LogP contribution in [-0.2, 0) is 22.6 Å². The molecule has 7 heteroatoms. The number of allylic oxidation sites excluding steroid dienone is 1. The first kappa shape index (κ1) is 19.3. The van der Waals surface area contributed by atoms with Crippen molar-refractivity contribution in [2.75, 3.05) is 6.54 Å². The summed E-state index contributed by atoms with van der Waals surface area (Å²) in [5.74, 6) is -0.514. The van der Waals surface area contributed by atoms with Crippen LogP contribution in [0.25, 0.3) is 0 Å². The molecule has 1 atom stereocenters. The van der Waals surface area contributed by atoms with E-state index in [1.165, 1.54) is 0 Å². The number of primary amides is 1. The third-order valence-electron chi connectivity index (χ3n) is 5.22. The predicted molar refractivity (Wildman–Crippen MR) is 101 cm³/mol. The Morgan fingerprint density at radius 3 is 2.63 bits per heavy atom. The van der Waals surface area contributed by atoms with Crippen LogP contribution in [0.3, 0.4) is 0 Å². The van der Waals surface area contributed by atoms with E-state index >= 15 is 0 Å². The third-order valence-corrected chi connectivity index (χ3v) is 5.22.